The highest BCUT2D eigenvalue weighted by Crippen LogP contribution is 2.29. The molecule has 0 aromatic carbocycles. The number of rotatable bonds is 12. The first-order valence-electron chi connectivity index (χ1n) is 9.64. The second kappa shape index (κ2) is 10.0. The number of nitrogens with one attached hydrogen (secondary N) is 2. The molecule has 1 saturated heterocycles. The van der Waals surface area contributed by atoms with Gasteiger partial charge in [-0.15, -0.1) is 0 Å². The summed E-state index contributed by atoms with van der Waals surface area (Å²) >= 11 is 1.58. The first-order valence-corrected chi connectivity index (χ1v) is 10.6. The lowest BCUT2D eigenvalue weighted by Crippen LogP contribution is -2.29. The Bertz CT molecular complexity index is 704. The molecule has 1 unspecified atom stereocenters. The van der Waals surface area contributed by atoms with Gasteiger partial charge >= 0.3 is 6.03 Å². The zero-order valence-electron chi connectivity index (χ0n) is 15.9. The predicted octanol–water partition coefficient (Wildman–Crippen LogP) is 2.43. The van der Waals surface area contributed by atoms with Crippen molar-refractivity contribution in [2.45, 2.75) is 45.1 Å². The summed E-state index contributed by atoms with van der Waals surface area (Å²) in [5.41, 5.74) is 0.643. The van der Waals surface area contributed by atoms with Crippen LogP contribution in [0.3, 0.4) is 0 Å². The van der Waals surface area contributed by atoms with Gasteiger partial charge in [-0.3, -0.25) is 14.8 Å². The number of carbonyl (C=O) groups excluding carboxylic acids is 2. The number of ether oxygens (including phenoxy) is 1. The molecule has 10 heteroatoms. The molecule has 1 saturated carbocycles. The Balaban J connectivity index is 1.29. The number of unbranched alkanes of at least 4 members (excludes halogenated alkanes) is 2. The number of halogens is 1. The molecule has 2 heterocycles. The molecule has 154 valence electrons. The van der Waals surface area contributed by atoms with E-state index in [2.05, 4.69) is 20.0 Å². The molecule has 1 aliphatic heterocycles. The van der Waals surface area contributed by atoms with Gasteiger partial charge in [0, 0.05) is 12.3 Å². The number of carbonyl (C=O) groups is 2. The van der Waals surface area contributed by atoms with Gasteiger partial charge in [-0.2, -0.15) is 4.39 Å². The van der Waals surface area contributed by atoms with Crippen LogP contribution < -0.4 is 14.8 Å². The monoisotopic (exact) mass is 411 g/mol. The summed E-state index contributed by atoms with van der Waals surface area (Å²) in [5, 5.41) is 2.27. The third-order valence-corrected chi connectivity index (χ3v) is 5.63. The van der Waals surface area contributed by atoms with Crippen molar-refractivity contribution in [1.29, 1.82) is 0 Å². The molecule has 0 bridgehead atoms. The van der Waals surface area contributed by atoms with E-state index >= 15 is 0 Å². The van der Waals surface area contributed by atoms with Gasteiger partial charge in [0.1, 0.15) is 6.54 Å². The number of hydrogen-bond acceptors (Lipinski definition) is 7. The van der Waals surface area contributed by atoms with E-state index < -0.39 is 5.95 Å². The second-order valence-corrected chi connectivity index (χ2v) is 8.10. The number of urea groups is 1. The highest BCUT2D eigenvalue weighted by atomic mass is 32.2. The van der Waals surface area contributed by atoms with Crippen LogP contribution in [0.15, 0.2) is 6.20 Å². The minimum absolute atomic E-state index is 0.0209. The minimum atomic E-state index is -0.669. The standard InChI is InChI=1S/C18H26FN5O3S/c1-12(14-9-20-16(19)17(21-14)27-11-13-5-6-13)23-28-8-4-2-3-7-24-10-15(25)22-18(24)26/h9,12-13,23H,2-8,10-11H2,1H3,(H,22,25,26). The van der Waals surface area contributed by atoms with Gasteiger partial charge in [-0.25, -0.2) is 14.8 Å². The number of nitrogens with zero attached hydrogens (tertiary/aromatic N) is 3. The van der Waals surface area contributed by atoms with Crippen molar-refractivity contribution >= 4 is 23.9 Å². The van der Waals surface area contributed by atoms with E-state index in [4.69, 9.17) is 4.74 Å². The highest BCUT2D eigenvalue weighted by molar-refractivity contribution is 7.97. The number of hydrogen-bond donors (Lipinski definition) is 2. The molecule has 2 aliphatic rings. The molecule has 0 spiro atoms. The topological polar surface area (TPSA) is 96.5 Å². The van der Waals surface area contributed by atoms with Crippen LogP contribution in [0, 0.1) is 11.9 Å². The normalized spacial score (nSPS) is 17.7. The summed E-state index contributed by atoms with van der Waals surface area (Å²) in [4.78, 5) is 32.1. The van der Waals surface area contributed by atoms with Crippen LogP contribution in [0.2, 0.25) is 0 Å². The van der Waals surface area contributed by atoms with E-state index in [-0.39, 0.29) is 30.4 Å². The summed E-state index contributed by atoms with van der Waals surface area (Å²) < 4.78 is 22.4. The molecule has 1 aromatic rings. The number of amides is 3. The average molecular weight is 412 g/mol. The van der Waals surface area contributed by atoms with Crippen LogP contribution in [0.4, 0.5) is 9.18 Å². The SMILES string of the molecule is CC(NSCCCCCN1CC(=O)NC1=O)c1cnc(F)c(OCC2CC2)n1. The highest BCUT2D eigenvalue weighted by Gasteiger charge is 2.25. The van der Waals surface area contributed by atoms with E-state index in [0.29, 0.717) is 24.8 Å². The summed E-state index contributed by atoms with van der Waals surface area (Å²) in [5.74, 6) is 0.500. The fourth-order valence-corrected chi connectivity index (χ4v) is 3.55. The lowest BCUT2D eigenvalue weighted by molar-refractivity contribution is -0.118. The second-order valence-electron chi connectivity index (χ2n) is 7.17. The smallest absolute Gasteiger partial charge is 0.324 e. The third kappa shape index (κ3) is 6.30. The van der Waals surface area contributed by atoms with Crippen LogP contribution in [0.1, 0.15) is 50.8 Å². The molecule has 0 radical (unpaired) electrons. The maximum Gasteiger partial charge on any atom is 0.324 e. The lowest BCUT2D eigenvalue weighted by Gasteiger charge is -2.14. The molecule has 3 amide bonds. The van der Waals surface area contributed by atoms with Crippen LogP contribution in [-0.4, -0.2) is 52.3 Å². The predicted molar refractivity (Wildman–Crippen MR) is 103 cm³/mol. The molecule has 28 heavy (non-hydrogen) atoms. The van der Waals surface area contributed by atoms with Gasteiger partial charge in [0.2, 0.25) is 5.91 Å². The molecular formula is C18H26FN5O3S. The molecular weight excluding hydrogens is 385 g/mol. The first kappa shape index (κ1) is 20.8. The summed E-state index contributed by atoms with van der Waals surface area (Å²) in [7, 11) is 0. The van der Waals surface area contributed by atoms with Crippen LogP contribution in [0.5, 0.6) is 5.88 Å². The lowest BCUT2D eigenvalue weighted by atomic mass is 10.2. The largest absolute Gasteiger partial charge is 0.474 e. The molecule has 3 rings (SSSR count). The van der Waals surface area contributed by atoms with Gasteiger partial charge < -0.3 is 9.64 Å². The number of imide groups is 1. The van der Waals surface area contributed by atoms with Crippen molar-refractivity contribution in [3.63, 3.8) is 0 Å². The van der Waals surface area contributed by atoms with Gasteiger partial charge in [0.25, 0.3) is 11.8 Å². The maximum atomic E-state index is 13.7. The van der Waals surface area contributed by atoms with Gasteiger partial charge in [0.05, 0.1) is 24.5 Å². The van der Waals surface area contributed by atoms with E-state index in [0.717, 1.165) is 37.9 Å². The van der Waals surface area contributed by atoms with E-state index in [9.17, 15) is 14.0 Å². The Morgan fingerprint density at radius 3 is 2.93 bits per heavy atom. The molecule has 8 nitrogen and oxygen atoms in total. The van der Waals surface area contributed by atoms with Gasteiger partial charge in [-0.1, -0.05) is 18.4 Å². The fraction of sp³-hybridized carbons (Fsp3) is 0.667. The third-order valence-electron chi connectivity index (χ3n) is 4.62. The molecule has 1 aromatic heterocycles. The molecule has 1 atom stereocenters. The van der Waals surface area contributed by atoms with Crippen molar-refractivity contribution in [3.05, 3.63) is 17.8 Å². The van der Waals surface area contributed by atoms with Gasteiger partial charge in [-0.05, 0) is 38.5 Å². The quantitative estimate of drug-likeness (QED) is 0.310. The summed E-state index contributed by atoms with van der Waals surface area (Å²) in [6.07, 6.45) is 6.51. The zero-order valence-corrected chi connectivity index (χ0v) is 16.8. The van der Waals surface area contributed by atoms with E-state index in [1.807, 2.05) is 6.92 Å². The first-order chi connectivity index (χ1) is 13.5. The zero-order chi connectivity index (χ0) is 19.9. The Hall–Kier alpha value is -1.94. The summed E-state index contributed by atoms with van der Waals surface area (Å²) in [6.45, 7) is 3.21. The van der Waals surface area contributed by atoms with E-state index in [1.54, 1.807) is 11.9 Å². The van der Waals surface area contributed by atoms with Crippen molar-refractivity contribution in [1.82, 2.24) is 24.9 Å². The number of aromatic nitrogens is 2. The van der Waals surface area contributed by atoms with Crippen molar-refractivity contribution in [2.24, 2.45) is 5.92 Å². The Morgan fingerprint density at radius 1 is 1.39 bits per heavy atom. The van der Waals surface area contributed by atoms with Crippen LogP contribution >= 0.6 is 11.9 Å². The Kier molecular flexibility index (Phi) is 7.43. The van der Waals surface area contributed by atoms with Crippen molar-refractivity contribution in [3.8, 4) is 5.88 Å². The van der Waals surface area contributed by atoms with Gasteiger partial charge in [0.15, 0.2) is 0 Å². The molecule has 1 aliphatic carbocycles. The minimum Gasteiger partial charge on any atom is -0.474 e. The maximum absolute atomic E-state index is 13.7. The Morgan fingerprint density at radius 2 is 2.21 bits per heavy atom. The summed E-state index contributed by atoms with van der Waals surface area (Å²) in [6, 6.07) is -0.378. The van der Waals surface area contributed by atoms with E-state index in [1.165, 1.54) is 11.1 Å². The van der Waals surface area contributed by atoms with Crippen molar-refractivity contribution in [2.75, 3.05) is 25.4 Å². The average Bonchev–Trinajstić information content (AvgIpc) is 3.44. The van der Waals surface area contributed by atoms with Crippen molar-refractivity contribution < 1.29 is 18.7 Å². The van der Waals surface area contributed by atoms with Crippen LogP contribution in [0.25, 0.3) is 0 Å². The molecule has 2 N–H and O–H groups in total. The molecule has 2 fully saturated rings. The Labute approximate surface area is 168 Å². The van der Waals surface area contributed by atoms with Crippen LogP contribution in [-0.2, 0) is 4.79 Å². The fourth-order valence-electron chi connectivity index (χ4n) is 2.71.